The van der Waals surface area contributed by atoms with E-state index in [4.69, 9.17) is 28.9 Å². The van der Waals surface area contributed by atoms with Gasteiger partial charge in [-0.15, -0.1) is 6.42 Å². The smallest absolute Gasteiger partial charge is 0.223 e. The zero-order chi connectivity index (χ0) is 13.1. The van der Waals surface area contributed by atoms with Crippen molar-refractivity contribution in [3.8, 4) is 12.3 Å². The lowest BCUT2D eigenvalue weighted by Gasteiger charge is -2.15. The number of anilines is 2. The predicted octanol–water partition coefficient (Wildman–Crippen LogP) is 1.27. The largest absolute Gasteiger partial charge is 0.396 e. The molecule has 96 valence electrons. The van der Waals surface area contributed by atoms with Gasteiger partial charge in [-0.3, -0.25) is 0 Å². The topological polar surface area (TPSA) is 84.1 Å². The summed E-state index contributed by atoms with van der Waals surface area (Å²) in [6, 6.07) is 0.236. The first-order valence-electron chi connectivity index (χ1n) is 5.81. The Labute approximate surface area is 111 Å². The molecule has 1 aromatic heterocycles. The Hall–Kier alpha value is -1.51. The molecule has 0 amide bonds. The van der Waals surface area contributed by atoms with Crippen molar-refractivity contribution in [3.05, 3.63) is 10.7 Å². The van der Waals surface area contributed by atoms with Crippen molar-refractivity contribution in [2.24, 2.45) is 5.92 Å². The zero-order valence-electron chi connectivity index (χ0n) is 9.86. The normalized spacial score (nSPS) is 22.7. The average molecular weight is 267 g/mol. The molecule has 4 N–H and O–H groups in total. The Morgan fingerprint density at radius 1 is 1.50 bits per heavy atom. The maximum atomic E-state index is 9.11. The Morgan fingerprint density at radius 3 is 2.89 bits per heavy atom. The number of hydrogen-bond donors (Lipinski definition) is 3. The van der Waals surface area contributed by atoms with Crippen LogP contribution in [-0.4, -0.2) is 27.7 Å². The number of hydrogen-bond acceptors (Lipinski definition) is 5. The molecule has 0 spiro atoms. The predicted molar refractivity (Wildman–Crippen MR) is 71.2 cm³/mol. The van der Waals surface area contributed by atoms with Crippen molar-refractivity contribution in [1.29, 1.82) is 0 Å². The third-order valence-electron chi connectivity index (χ3n) is 3.17. The number of nitrogens with two attached hydrogens (primary N) is 1. The molecule has 2 rings (SSSR count). The summed E-state index contributed by atoms with van der Waals surface area (Å²) in [4.78, 5) is 7.91. The second-order valence-corrected chi connectivity index (χ2v) is 4.80. The van der Waals surface area contributed by atoms with Gasteiger partial charge in [-0.25, -0.2) is 0 Å². The molecule has 2 unspecified atom stereocenters. The molecule has 1 aliphatic rings. The van der Waals surface area contributed by atoms with Gasteiger partial charge in [0.05, 0.1) is 0 Å². The molecule has 1 fully saturated rings. The second-order valence-electron chi connectivity index (χ2n) is 4.44. The van der Waals surface area contributed by atoms with Gasteiger partial charge in [0, 0.05) is 12.6 Å². The summed E-state index contributed by atoms with van der Waals surface area (Å²) in [5.74, 6) is 3.40. The number of nitrogen functional groups attached to an aromatic ring is 1. The van der Waals surface area contributed by atoms with Gasteiger partial charge in [-0.2, -0.15) is 9.97 Å². The summed E-state index contributed by atoms with van der Waals surface area (Å²) in [6.45, 7) is 0.215. The van der Waals surface area contributed by atoms with Crippen LogP contribution in [0, 0.1) is 18.3 Å². The lowest BCUT2D eigenvalue weighted by Crippen LogP contribution is -2.19. The van der Waals surface area contributed by atoms with E-state index in [2.05, 4.69) is 21.2 Å². The first-order valence-corrected chi connectivity index (χ1v) is 6.18. The molecule has 6 heteroatoms. The highest BCUT2D eigenvalue weighted by molar-refractivity contribution is 6.31. The molecule has 0 aromatic carbocycles. The first-order chi connectivity index (χ1) is 8.63. The van der Waals surface area contributed by atoms with Crippen LogP contribution in [0.15, 0.2) is 0 Å². The van der Waals surface area contributed by atoms with Gasteiger partial charge in [0.2, 0.25) is 5.95 Å². The van der Waals surface area contributed by atoms with Crippen molar-refractivity contribution in [3.63, 3.8) is 0 Å². The minimum absolute atomic E-state index is 0.0956. The van der Waals surface area contributed by atoms with Gasteiger partial charge in [0.25, 0.3) is 0 Å². The standard InChI is InChI=1S/C12H15ClN4O/c1-2-9-10(13)16-12(14)17-11(9)15-8-4-3-7(5-8)6-18/h1,7-8,18H,3-6H2,(H3,14,15,16,17). The van der Waals surface area contributed by atoms with E-state index in [1.54, 1.807) is 0 Å². The maximum absolute atomic E-state index is 9.11. The minimum Gasteiger partial charge on any atom is -0.396 e. The third-order valence-corrected chi connectivity index (χ3v) is 3.44. The van der Waals surface area contributed by atoms with Crippen molar-refractivity contribution in [2.45, 2.75) is 25.3 Å². The molecular formula is C12H15ClN4O. The summed E-state index contributed by atoms with van der Waals surface area (Å²) < 4.78 is 0. The molecule has 0 bridgehead atoms. The summed E-state index contributed by atoms with van der Waals surface area (Å²) >= 11 is 5.92. The number of aromatic nitrogens is 2. The summed E-state index contributed by atoms with van der Waals surface area (Å²) in [5, 5.41) is 12.5. The Morgan fingerprint density at radius 2 is 2.28 bits per heavy atom. The van der Waals surface area contributed by atoms with E-state index < -0.39 is 0 Å². The molecule has 0 saturated heterocycles. The highest BCUT2D eigenvalue weighted by Crippen LogP contribution is 2.29. The van der Waals surface area contributed by atoms with Crippen molar-refractivity contribution >= 4 is 23.4 Å². The van der Waals surface area contributed by atoms with E-state index in [9.17, 15) is 0 Å². The van der Waals surface area contributed by atoms with Crippen LogP contribution in [0.25, 0.3) is 0 Å². The van der Waals surface area contributed by atoms with Gasteiger partial charge < -0.3 is 16.2 Å². The van der Waals surface area contributed by atoms with Gasteiger partial charge in [0.1, 0.15) is 11.4 Å². The van der Waals surface area contributed by atoms with Gasteiger partial charge in [-0.05, 0) is 25.2 Å². The molecule has 1 aromatic rings. The van der Waals surface area contributed by atoms with E-state index in [0.29, 0.717) is 17.3 Å². The number of nitrogens with one attached hydrogen (secondary N) is 1. The Bertz CT molecular complexity index is 486. The highest BCUT2D eigenvalue weighted by atomic mass is 35.5. The molecule has 1 saturated carbocycles. The molecule has 2 atom stereocenters. The zero-order valence-corrected chi connectivity index (χ0v) is 10.6. The fraction of sp³-hybridized carbons (Fsp3) is 0.500. The molecule has 0 aliphatic heterocycles. The second kappa shape index (κ2) is 5.42. The van der Waals surface area contributed by atoms with Crippen molar-refractivity contribution < 1.29 is 5.11 Å². The molecule has 0 radical (unpaired) electrons. The number of halogens is 1. The van der Waals surface area contributed by atoms with Crippen LogP contribution in [-0.2, 0) is 0 Å². The first kappa shape index (κ1) is 12.9. The molecule has 18 heavy (non-hydrogen) atoms. The van der Waals surface area contributed by atoms with Crippen molar-refractivity contribution in [2.75, 3.05) is 17.7 Å². The number of nitrogens with zero attached hydrogens (tertiary/aromatic N) is 2. The lowest BCUT2D eigenvalue weighted by molar-refractivity contribution is 0.229. The molecular weight excluding hydrogens is 252 g/mol. The van der Waals surface area contributed by atoms with Crippen LogP contribution in [0.2, 0.25) is 5.15 Å². The van der Waals surface area contributed by atoms with E-state index >= 15 is 0 Å². The molecule has 1 aliphatic carbocycles. The maximum Gasteiger partial charge on any atom is 0.223 e. The van der Waals surface area contributed by atoms with Crippen LogP contribution in [0.4, 0.5) is 11.8 Å². The van der Waals surface area contributed by atoms with Crippen molar-refractivity contribution in [1.82, 2.24) is 9.97 Å². The lowest BCUT2D eigenvalue weighted by atomic mass is 10.1. The minimum atomic E-state index is 0.0956. The van der Waals surface area contributed by atoms with Gasteiger partial charge in [-0.1, -0.05) is 17.5 Å². The number of aliphatic hydroxyl groups is 1. The van der Waals surface area contributed by atoms with Crippen LogP contribution < -0.4 is 11.1 Å². The SMILES string of the molecule is C#Cc1c(Cl)nc(N)nc1NC1CCC(CO)C1. The highest BCUT2D eigenvalue weighted by Gasteiger charge is 2.25. The summed E-state index contributed by atoms with van der Waals surface area (Å²) in [5.41, 5.74) is 5.98. The van der Waals surface area contributed by atoms with E-state index in [1.807, 2.05) is 0 Å². The quantitative estimate of drug-likeness (QED) is 0.567. The molecule has 5 nitrogen and oxygen atoms in total. The fourth-order valence-corrected chi connectivity index (χ4v) is 2.48. The Balaban J connectivity index is 2.17. The number of terminal acetylenes is 1. The molecule has 1 heterocycles. The van der Waals surface area contributed by atoms with Gasteiger partial charge in [0.15, 0.2) is 5.15 Å². The van der Waals surface area contributed by atoms with Crippen LogP contribution in [0.5, 0.6) is 0 Å². The van der Waals surface area contributed by atoms with E-state index in [0.717, 1.165) is 19.3 Å². The van der Waals surface area contributed by atoms with Crippen LogP contribution in [0.3, 0.4) is 0 Å². The monoisotopic (exact) mass is 266 g/mol. The van der Waals surface area contributed by atoms with E-state index in [-0.39, 0.29) is 23.8 Å². The van der Waals surface area contributed by atoms with Crippen LogP contribution in [0.1, 0.15) is 24.8 Å². The summed E-state index contributed by atoms with van der Waals surface area (Å²) in [6.07, 6.45) is 8.25. The third kappa shape index (κ3) is 2.66. The Kier molecular flexibility index (Phi) is 3.90. The van der Waals surface area contributed by atoms with E-state index in [1.165, 1.54) is 0 Å². The van der Waals surface area contributed by atoms with Gasteiger partial charge >= 0.3 is 0 Å². The number of aliphatic hydroxyl groups excluding tert-OH is 1. The fourth-order valence-electron chi connectivity index (χ4n) is 2.25. The number of rotatable bonds is 3. The summed E-state index contributed by atoms with van der Waals surface area (Å²) in [7, 11) is 0. The average Bonchev–Trinajstić information content (AvgIpc) is 2.76. The van der Waals surface area contributed by atoms with Crippen LogP contribution >= 0.6 is 11.6 Å².